The number of carbonyl (C=O) groups excluding carboxylic acids is 2. The first-order valence-corrected chi connectivity index (χ1v) is 5.57. The molecule has 1 aliphatic heterocycles. The van der Waals surface area contributed by atoms with Gasteiger partial charge >= 0.3 is 5.97 Å². The van der Waals surface area contributed by atoms with Crippen LogP contribution in [0.15, 0.2) is 30.3 Å². The van der Waals surface area contributed by atoms with Crippen molar-refractivity contribution >= 4 is 11.9 Å². The van der Waals surface area contributed by atoms with Crippen molar-refractivity contribution in [2.45, 2.75) is 18.9 Å². The summed E-state index contributed by atoms with van der Waals surface area (Å²) in [5, 5.41) is 3.02. The lowest BCUT2D eigenvalue weighted by Crippen LogP contribution is -2.41. The van der Waals surface area contributed by atoms with E-state index in [4.69, 9.17) is 4.84 Å². The Morgan fingerprint density at radius 2 is 2.06 bits per heavy atom. The van der Waals surface area contributed by atoms with Gasteiger partial charge in [0.25, 0.3) is 5.91 Å². The molecular weight excluding hydrogens is 220 g/mol. The van der Waals surface area contributed by atoms with Crippen molar-refractivity contribution in [1.82, 2.24) is 10.8 Å². The zero-order chi connectivity index (χ0) is 12.1. The minimum absolute atomic E-state index is 0.251. The number of hydroxylamine groups is 1. The molecule has 0 radical (unpaired) electrons. The van der Waals surface area contributed by atoms with Crippen LogP contribution in [0.4, 0.5) is 0 Å². The Morgan fingerprint density at radius 3 is 2.71 bits per heavy atom. The van der Waals surface area contributed by atoms with Gasteiger partial charge in [0, 0.05) is 0 Å². The highest BCUT2D eigenvalue weighted by atomic mass is 16.7. The van der Waals surface area contributed by atoms with Gasteiger partial charge in [-0.05, 0) is 31.5 Å². The number of hydrogen-bond donors (Lipinski definition) is 2. The summed E-state index contributed by atoms with van der Waals surface area (Å²) in [5.41, 5.74) is 2.58. The van der Waals surface area contributed by atoms with Gasteiger partial charge in [0.1, 0.15) is 0 Å². The average molecular weight is 234 g/mol. The third-order valence-corrected chi connectivity index (χ3v) is 2.63. The fourth-order valence-electron chi connectivity index (χ4n) is 1.71. The first kappa shape index (κ1) is 11.6. The smallest absolute Gasteiger partial charge is 0.335 e. The van der Waals surface area contributed by atoms with Crippen LogP contribution in [0.3, 0.4) is 0 Å². The SMILES string of the molecule is O=C(ONC(=O)[C@H]1CCCN1)c1ccccc1. The van der Waals surface area contributed by atoms with E-state index in [2.05, 4.69) is 10.8 Å². The van der Waals surface area contributed by atoms with E-state index in [-0.39, 0.29) is 11.9 Å². The molecule has 0 saturated carbocycles. The molecule has 1 aromatic rings. The second kappa shape index (κ2) is 5.45. The Kier molecular flexibility index (Phi) is 3.72. The lowest BCUT2D eigenvalue weighted by molar-refractivity contribution is -0.131. The molecule has 0 aromatic heterocycles. The monoisotopic (exact) mass is 234 g/mol. The molecule has 1 atom stereocenters. The fourth-order valence-corrected chi connectivity index (χ4v) is 1.71. The van der Waals surface area contributed by atoms with Crippen molar-refractivity contribution < 1.29 is 14.4 Å². The molecule has 1 fully saturated rings. The Morgan fingerprint density at radius 1 is 1.29 bits per heavy atom. The van der Waals surface area contributed by atoms with Gasteiger partial charge in [-0.1, -0.05) is 18.2 Å². The molecule has 1 aliphatic rings. The van der Waals surface area contributed by atoms with Gasteiger partial charge in [0.05, 0.1) is 11.6 Å². The molecule has 2 rings (SSSR count). The van der Waals surface area contributed by atoms with E-state index in [9.17, 15) is 9.59 Å². The van der Waals surface area contributed by atoms with Crippen molar-refractivity contribution in [2.24, 2.45) is 0 Å². The molecule has 0 bridgehead atoms. The van der Waals surface area contributed by atoms with Crippen LogP contribution >= 0.6 is 0 Å². The van der Waals surface area contributed by atoms with Gasteiger partial charge in [0.15, 0.2) is 0 Å². The highest BCUT2D eigenvalue weighted by Gasteiger charge is 2.23. The molecule has 17 heavy (non-hydrogen) atoms. The van der Waals surface area contributed by atoms with Crippen molar-refractivity contribution in [2.75, 3.05) is 6.54 Å². The molecule has 1 amide bonds. The first-order valence-electron chi connectivity index (χ1n) is 5.57. The van der Waals surface area contributed by atoms with Gasteiger partial charge in [-0.3, -0.25) is 4.79 Å². The molecule has 5 nitrogen and oxygen atoms in total. The van der Waals surface area contributed by atoms with Crippen LogP contribution in [0.5, 0.6) is 0 Å². The minimum Gasteiger partial charge on any atom is -0.335 e. The summed E-state index contributed by atoms with van der Waals surface area (Å²) in [6.07, 6.45) is 1.74. The van der Waals surface area contributed by atoms with E-state index < -0.39 is 5.97 Å². The third kappa shape index (κ3) is 3.04. The molecule has 1 heterocycles. The Balaban J connectivity index is 1.82. The predicted octanol–water partition coefficient (Wildman–Crippen LogP) is 0.627. The minimum atomic E-state index is -0.558. The van der Waals surface area contributed by atoms with Crippen LogP contribution in [0.2, 0.25) is 0 Å². The Hall–Kier alpha value is -1.88. The van der Waals surface area contributed by atoms with Crippen LogP contribution in [-0.2, 0) is 9.63 Å². The number of hydrogen-bond acceptors (Lipinski definition) is 4. The molecule has 0 spiro atoms. The van der Waals surface area contributed by atoms with Crippen LogP contribution in [-0.4, -0.2) is 24.5 Å². The topological polar surface area (TPSA) is 67.4 Å². The maximum absolute atomic E-state index is 11.5. The zero-order valence-electron chi connectivity index (χ0n) is 9.31. The molecule has 0 unspecified atom stereocenters. The van der Waals surface area contributed by atoms with E-state index in [1.54, 1.807) is 30.3 Å². The highest BCUT2D eigenvalue weighted by Crippen LogP contribution is 2.05. The second-order valence-electron chi connectivity index (χ2n) is 3.87. The van der Waals surface area contributed by atoms with Crippen LogP contribution < -0.4 is 10.8 Å². The van der Waals surface area contributed by atoms with Crippen LogP contribution in [0, 0.1) is 0 Å². The number of carbonyl (C=O) groups is 2. The van der Waals surface area contributed by atoms with Gasteiger partial charge < -0.3 is 10.2 Å². The number of rotatable bonds is 2. The van der Waals surface area contributed by atoms with Gasteiger partial charge in [-0.15, -0.1) is 0 Å². The van der Waals surface area contributed by atoms with Crippen LogP contribution in [0.25, 0.3) is 0 Å². The third-order valence-electron chi connectivity index (χ3n) is 2.63. The summed E-state index contributed by atoms with van der Waals surface area (Å²) in [6, 6.07) is 8.27. The van der Waals surface area contributed by atoms with E-state index in [0.717, 1.165) is 19.4 Å². The summed E-state index contributed by atoms with van der Waals surface area (Å²) >= 11 is 0. The fraction of sp³-hybridized carbons (Fsp3) is 0.333. The van der Waals surface area contributed by atoms with Crippen LogP contribution in [0.1, 0.15) is 23.2 Å². The van der Waals surface area contributed by atoms with Crippen molar-refractivity contribution in [3.05, 3.63) is 35.9 Å². The van der Waals surface area contributed by atoms with E-state index >= 15 is 0 Å². The van der Waals surface area contributed by atoms with Gasteiger partial charge in [-0.2, -0.15) is 5.48 Å². The van der Waals surface area contributed by atoms with E-state index in [0.29, 0.717) is 5.56 Å². The molecular formula is C12H14N2O3. The molecule has 2 N–H and O–H groups in total. The summed E-state index contributed by atoms with van der Waals surface area (Å²) in [6.45, 7) is 0.824. The van der Waals surface area contributed by atoms with Crippen molar-refractivity contribution in [3.63, 3.8) is 0 Å². The highest BCUT2D eigenvalue weighted by molar-refractivity contribution is 5.91. The van der Waals surface area contributed by atoms with Crippen molar-refractivity contribution in [3.8, 4) is 0 Å². The quantitative estimate of drug-likeness (QED) is 0.736. The van der Waals surface area contributed by atoms with Crippen molar-refractivity contribution in [1.29, 1.82) is 0 Å². The van der Waals surface area contributed by atoms with E-state index in [1.807, 2.05) is 0 Å². The summed E-state index contributed by atoms with van der Waals surface area (Å²) in [7, 11) is 0. The summed E-state index contributed by atoms with van der Waals surface area (Å²) in [4.78, 5) is 27.8. The predicted molar refractivity (Wildman–Crippen MR) is 61.0 cm³/mol. The standard InChI is InChI=1S/C12H14N2O3/c15-11(10-7-4-8-13-10)14-17-12(16)9-5-2-1-3-6-9/h1-3,5-6,10,13H,4,7-8H2,(H,14,15)/t10-/m1/s1. The molecule has 5 heteroatoms. The maximum Gasteiger partial charge on any atom is 0.362 e. The molecule has 0 aliphatic carbocycles. The summed E-state index contributed by atoms with van der Waals surface area (Å²) < 4.78 is 0. The Labute approximate surface area is 99.1 Å². The van der Waals surface area contributed by atoms with E-state index in [1.165, 1.54) is 0 Å². The first-order chi connectivity index (χ1) is 8.27. The average Bonchev–Trinajstić information content (AvgIpc) is 2.90. The lowest BCUT2D eigenvalue weighted by Gasteiger charge is -2.10. The molecule has 1 saturated heterocycles. The number of benzene rings is 1. The number of amides is 1. The molecule has 90 valence electrons. The lowest BCUT2D eigenvalue weighted by atomic mass is 10.2. The zero-order valence-corrected chi connectivity index (χ0v) is 9.31. The van der Waals surface area contributed by atoms with Gasteiger partial charge in [0.2, 0.25) is 0 Å². The van der Waals surface area contributed by atoms with Gasteiger partial charge in [-0.25, -0.2) is 4.79 Å². The summed E-state index contributed by atoms with van der Waals surface area (Å²) in [5.74, 6) is -0.858. The molecule has 1 aromatic carbocycles. The maximum atomic E-state index is 11.5. The second-order valence-corrected chi connectivity index (χ2v) is 3.87. The number of nitrogens with one attached hydrogen (secondary N) is 2. The normalized spacial score (nSPS) is 18.7. The largest absolute Gasteiger partial charge is 0.362 e. The Bertz CT molecular complexity index is 399.